The fourth-order valence-corrected chi connectivity index (χ4v) is 3.27. The highest BCUT2D eigenvalue weighted by Gasteiger charge is 2.38. The van der Waals surface area contributed by atoms with Crippen LogP contribution >= 0.6 is 11.8 Å². The average molecular weight is 333 g/mol. The van der Waals surface area contributed by atoms with E-state index in [9.17, 15) is 19.8 Å². The summed E-state index contributed by atoms with van der Waals surface area (Å²) in [5.74, 6) is -2.98. The number of allylic oxidation sites excluding steroid dienone is 2. The van der Waals surface area contributed by atoms with Crippen molar-refractivity contribution < 1.29 is 19.8 Å². The lowest BCUT2D eigenvalue weighted by molar-refractivity contribution is -0.133. The minimum atomic E-state index is -1.10. The molecule has 0 fully saturated rings. The molecule has 0 saturated carbocycles. The van der Waals surface area contributed by atoms with E-state index in [0.717, 1.165) is 4.90 Å². The monoisotopic (exact) mass is 333 g/mol. The Morgan fingerprint density at radius 2 is 1.43 bits per heavy atom. The van der Waals surface area contributed by atoms with Crippen LogP contribution in [-0.4, -0.2) is 40.4 Å². The Morgan fingerprint density at radius 3 is 1.78 bits per heavy atom. The largest absolute Gasteiger partial charge is 0.478 e. The van der Waals surface area contributed by atoms with Crippen molar-refractivity contribution in [2.24, 2.45) is 0 Å². The molecule has 1 aliphatic rings. The Kier molecular flexibility index (Phi) is 4.85. The lowest BCUT2D eigenvalue weighted by Gasteiger charge is -2.34. The van der Waals surface area contributed by atoms with Crippen molar-refractivity contribution >= 4 is 23.7 Å². The molecule has 0 atom stereocenters. The van der Waals surface area contributed by atoms with Gasteiger partial charge in [0.25, 0.3) is 0 Å². The fourth-order valence-electron chi connectivity index (χ4n) is 2.86. The van der Waals surface area contributed by atoms with E-state index in [1.54, 1.807) is 49.7 Å². The maximum absolute atomic E-state index is 11.8. The molecule has 0 unspecified atom stereocenters. The predicted molar refractivity (Wildman–Crippen MR) is 89.4 cm³/mol. The second kappa shape index (κ2) is 6.50. The van der Waals surface area contributed by atoms with Gasteiger partial charge in [-0.2, -0.15) is 0 Å². The van der Waals surface area contributed by atoms with E-state index in [2.05, 4.69) is 0 Å². The number of hydrogen-bond acceptors (Lipinski definition) is 4. The first-order chi connectivity index (χ1) is 10.8. The summed E-state index contributed by atoms with van der Waals surface area (Å²) >= 11 is 1.57. The second-order valence-electron chi connectivity index (χ2n) is 5.37. The number of rotatable bonds is 4. The molecule has 2 N–H and O–H groups in total. The summed E-state index contributed by atoms with van der Waals surface area (Å²) in [6.45, 7) is 3.41. The summed E-state index contributed by atoms with van der Waals surface area (Å²) < 4.78 is 0. The van der Waals surface area contributed by atoms with Crippen LogP contribution in [0.1, 0.15) is 25.3 Å². The number of thioether (sulfide) groups is 1. The number of aliphatic carboxylic acids is 2. The van der Waals surface area contributed by atoms with E-state index in [-0.39, 0.29) is 11.1 Å². The highest BCUT2D eigenvalue weighted by Crippen LogP contribution is 2.41. The van der Waals surface area contributed by atoms with E-state index in [1.165, 1.54) is 0 Å². The smallest absolute Gasteiger partial charge is 0.334 e. The summed E-state index contributed by atoms with van der Waals surface area (Å²) in [7, 11) is 1.68. The van der Waals surface area contributed by atoms with Crippen molar-refractivity contribution in [3.63, 3.8) is 0 Å². The van der Waals surface area contributed by atoms with Gasteiger partial charge in [-0.25, -0.2) is 9.59 Å². The van der Waals surface area contributed by atoms with Gasteiger partial charge in [0.1, 0.15) is 0 Å². The molecule has 1 heterocycles. The third-order valence-electron chi connectivity index (χ3n) is 4.27. The normalized spacial score (nSPS) is 16.1. The number of carboxylic acid groups (broad SMARTS) is 2. The molecule has 0 aromatic heterocycles. The van der Waals surface area contributed by atoms with Gasteiger partial charge in [-0.3, -0.25) is 0 Å². The van der Waals surface area contributed by atoms with Crippen LogP contribution in [0, 0.1) is 0 Å². The Hall–Kier alpha value is -2.21. The minimum Gasteiger partial charge on any atom is -0.478 e. The van der Waals surface area contributed by atoms with Crippen LogP contribution in [0.4, 0.5) is 0 Å². The summed E-state index contributed by atoms with van der Waals surface area (Å²) in [5.41, 5.74) is 1.99. The van der Waals surface area contributed by atoms with E-state index < -0.39 is 17.9 Å². The highest BCUT2D eigenvalue weighted by atomic mass is 32.2. The second-order valence-corrected chi connectivity index (χ2v) is 6.25. The number of nitrogens with zero attached hydrogens (tertiary/aromatic N) is 1. The molecular weight excluding hydrogens is 314 g/mol. The number of carboxylic acids is 2. The fraction of sp³-hybridized carbons (Fsp3) is 0.294. The lowest BCUT2D eigenvalue weighted by atomic mass is 9.80. The molecule has 0 radical (unpaired) electrons. The summed E-state index contributed by atoms with van der Waals surface area (Å²) in [4.78, 5) is 26.2. The van der Waals surface area contributed by atoms with Crippen LogP contribution in [0.25, 0.3) is 0 Å². The van der Waals surface area contributed by atoms with Gasteiger partial charge in [-0.1, -0.05) is 12.1 Å². The number of hydrogen-bond donors (Lipinski definition) is 2. The Labute approximate surface area is 139 Å². The van der Waals surface area contributed by atoms with Gasteiger partial charge in [0, 0.05) is 23.3 Å². The summed E-state index contributed by atoms with van der Waals surface area (Å²) in [6.07, 6.45) is 1.95. The molecule has 6 heteroatoms. The zero-order valence-electron chi connectivity index (χ0n) is 13.5. The molecule has 0 spiro atoms. The lowest BCUT2D eigenvalue weighted by Crippen LogP contribution is -2.32. The molecule has 2 rings (SSSR count). The molecule has 5 nitrogen and oxygen atoms in total. The quantitative estimate of drug-likeness (QED) is 0.824. The van der Waals surface area contributed by atoms with Gasteiger partial charge < -0.3 is 15.1 Å². The van der Waals surface area contributed by atoms with Gasteiger partial charge in [0.2, 0.25) is 0 Å². The van der Waals surface area contributed by atoms with E-state index >= 15 is 0 Å². The van der Waals surface area contributed by atoms with Crippen molar-refractivity contribution in [2.45, 2.75) is 24.7 Å². The SMILES string of the molecule is CSc1ccc(C2C(C(=O)O)=C(C)N(C)C(C)=C2C(=O)O)cc1. The first-order valence-electron chi connectivity index (χ1n) is 7.05. The van der Waals surface area contributed by atoms with Crippen LogP contribution in [0.3, 0.4) is 0 Å². The summed E-state index contributed by atoms with van der Waals surface area (Å²) in [5, 5.41) is 19.3. The summed E-state index contributed by atoms with van der Waals surface area (Å²) in [6, 6.07) is 7.35. The van der Waals surface area contributed by atoms with E-state index in [1.807, 2.05) is 18.4 Å². The minimum absolute atomic E-state index is 0.104. The predicted octanol–water partition coefficient (Wildman–Crippen LogP) is 3.15. The first kappa shape index (κ1) is 17.1. The van der Waals surface area contributed by atoms with Crippen LogP contribution in [0.15, 0.2) is 51.7 Å². The molecule has 0 saturated heterocycles. The molecule has 0 amide bonds. The average Bonchev–Trinajstić information content (AvgIpc) is 2.51. The van der Waals surface area contributed by atoms with Crippen molar-refractivity contribution in [2.75, 3.05) is 13.3 Å². The number of carbonyl (C=O) groups is 2. The highest BCUT2D eigenvalue weighted by molar-refractivity contribution is 7.98. The van der Waals surface area contributed by atoms with Crippen LogP contribution in [0.2, 0.25) is 0 Å². The molecule has 0 bridgehead atoms. The molecule has 0 aliphatic carbocycles. The molecule has 23 heavy (non-hydrogen) atoms. The van der Waals surface area contributed by atoms with Crippen LogP contribution in [0.5, 0.6) is 0 Å². The zero-order chi connectivity index (χ0) is 17.3. The Morgan fingerprint density at radius 1 is 1.00 bits per heavy atom. The third kappa shape index (κ3) is 2.99. The van der Waals surface area contributed by atoms with Crippen molar-refractivity contribution in [3.8, 4) is 0 Å². The van der Waals surface area contributed by atoms with E-state index in [4.69, 9.17) is 0 Å². The van der Waals surface area contributed by atoms with Gasteiger partial charge in [0.05, 0.1) is 17.1 Å². The molecule has 1 aromatic carbocycles. The Balaban J connectivity index is 2.69. The van der Waals surface area contributed by atoms with Gasteiger partial charge in [-0.05, 0) is 37.8 Å². The number of benzene rings is 1. The van der Waals surface area contributed by atoms with Crippen molar-refractivity contribution in [1.82, 2.24) is 4.90 Å². The maximum Gasteiger partial charge on any atom is 0.334 e. The topological polar surface area (TPSA) is 77.8 Å². The Bertz CT molecular complexity index is 681. The van der Waals surface area contributed by atoms with Crippen LogP contribution in [-0.2, 0) is 9.59 Å². The van der Waals surface area contributed by atoms with Crippen LogP contribution < -0.4 is 0 Å². The van der Waals surface area contributed by atoms with Gasteiger partial charge >= 0.3 is 11.9 Å². The molecule has 122 valence electrons. The van der Waals surface area contributed by atoms with E-state index in [0.29, 0.717) is 17.0 Å². The van der Waals surface area contributed by atoms with Crippen molar-refractivity contribution in [1.29, 1.82) is 0 Å². The zero-order valence-corrected chi connectivity index (χ0v) is 14.3. The molecule has 1 aliphatic heterocycles. The first-order valence-corrected chi connectivity index (χ1v) is 8.27. The van der Waals surface area contributed by atoms with Gasteiger partial charge in [0.15, 0.2) is 0 Å². The molecular formula is C17H19NO4S. The maximum atomic E-state index is 11.8. The van der Waals surface area contributed by atoms with Gasteiger partial charge in [-0.15, -0.1) is 11.8 Å². The standard InChI is InChI=1S/C17H19NO4S/c1-9-13(16(19)20)15(11-5-7-12(23-4)8-6-11)14(17(21)22)10(2)18(9)3/h5-8,15H,1-4H3,(H,19,20)(H,21,22). The third-order valence-corrected chi connectivity index (χ3v) is 5.02. The molecule has 1 aromatic rings. The van der Waals surface area contributed by atoms with Crippen molar-refractivity contribution in [3.05, 3.63) is 52.4 Å².